The Balaban J connectivity index is 1.58. The zero-order valence-electron chi connectivity index (χ0n) is 13.2. The highest BCUT2D eigenvalue weighted by Crippen LogP contribution is 2.18. The molecule has 7 nitrogen and oxygen atoms in total. The van der Waals surface area contributed by atoms with Crippen molar-refractivity contribution < 1.29 is 9.32 Å². The third-order valence-corrected chi connectivity index (χ3v) is 4.42. The molecular formula is C17H16N4O3. The molecule has 2 aromatic heterocycles. The standard InChI is InChI=1S/C17H16N4O3/c1-11-15-16(24-19-11)18-10-21(17(15)23)9-14(22)20-7-6-12-4-2-3-5-13(12)8-20/h2-5,10H,6-9H2,1H3. The summed E-state index contributed by atoms with van der Waals surface area (Å²) in [6.07, 6.45) is 2.17. The lowest BCUT2D eigenvalue weighted by Crippen LogP contribution is -2.39. The molecule has 1 aromatic carbocycles. The van der Waals surface area contributed by atoms with E-state index in [9.17, 15) is 9.59 Å². The Labute approximate surface area is 137 Å². The second-order valence-electron chi connectivity index (χ2n) is 5.96. The van der Waals surface area contributed by atoms with Crippen LogP contribution in [-0.2, 0) is 24.3 Å². The second-order valence-corrected chi connectivity index (χ2v) is 5.96. The number of hydrogen-bond acceptors (Lipinski definition) is 5. The summed E-state index contributed by atoms with van der Waals surface area (Å²) in [6, 6.07) is 8.12. The van der Waals surface area contributed by atoms with Crippen LogP contribution in [0.3, 0.4) is 0 Å². The van der Waals surface area contributed by atoms with Gasteiger partial charge in [0.1, 0.15) is 18.3 Å². The monoisotopic (exact) mass is 324 g/mol. The van der Waals surface area contributed by atoms with E-state index >= 15 is 0 Å². The van der Waals surface area contributed by atoms with Crippen LogP contribution in [0.4, 0.5) is 0 Å². The van der Waals surface area contributed by atoms with Gasteiger partial charge in [0.25, 0.3) is 11.3 Å². The average Bonchev–Trinajstić information content (AvgIpc) is 2.98. The minimum atomic E-state index is -0.301. The van der Waals surface area contributed by atoms with Crippen LogP contribution >= 0.6 is 0 Å². The van der Waals surface area contributed by atoms with Crippen molar-refractivity contribution in [2.24, 2.45) is 0 Å². The molecule has 0 saturated heterocycles. The molecule has 1 aliphatic heterocycles. The molecule has 1 amide bonds. The molecule has 0 aliphatic carbocycles. The number of carbonyl (C=O) groups excluding carboxylic acids is 1. The summed E-state index contributed by atoms with van der Waals surface area (Å²) in [4.78, 5) is 30.9. The largest absolute Gasteiger partial charge is 0.336 e. The number of amides is 1. The Kier molecular flexibility index (Phi) is 3.41. The number of benzene rings is 1. The highest BCUT2D eigenvalue weighted by molar-refractivity contribution is 5.78. The quantitative estimate of drug-likeness (QED) is 0.709. The first-order valence-electron chi connectivity index (χ1n) is 7.79. The lowest BCUT2D eigenvalue weighted by Gasteiger charge is -2.29. The van der Waals surface area contributed by atoms with Gasteiger partial charge in [-0.15, -0.1) is 0 Å². The minimum Gasteiger partial charge on any atom is -0.336 e. The topological polar surface area (TPSA) is 81.2 Å². The summed E-state index contributed by atoms with van der Waals surface area (Å²) in [7, 11) is 0. The van der Waals surface area contributed by atoms with E-state index in [1.165, 1.54) is 16.5 Å². The van der Waals surface area contributed by atoms with E-state index in [1.54, 1.807) is 11.8 Å². The Morgan fingerprint density at radius 1 is 1.29 bits per heavy atom. The first kappa shape index (κ1) is 14.6. The van der Waals surface area contributed by atoms with Crippen LogP contribution in [0, 0.1) is 6.92 Å². The molecule has 3 aromatic rings. The van der Waals surface area contributed by atoms with E-state index in [2.05, 4.69) is 16.2 Å². The third-order valence-electron chi connectivity index (χ3n) is 4.42. The average molecular weight is 324 g/mol. The Bertz CT molecular complexity index is 989. The molecule has 0 radical (unpaired) electrons. The van der Waals surface area contributed by atoms with Crippen LogP contribution in [0.2, 0.25) is 0 Å². The number of nitrogens with zero attached hydrogens (tertiary/aromatic N) is 4. The van der Waals surface area contributed by atoms with Crippen molar-refractivity contribution in [3.8, 4) is 0 Å². The SMILES string of the molecule is Cc1noc2ncn(CC(=O)N3CCc4ccccc4C3)c(=O)c12. The molecule has 0 unspecified atom stereocenters. The van der Waals surface area contributed by atoms with E-state index in [4.69, 9.17) is 4.52 Å². The van der Waals surface area contributed by atoms with Gasteiger partial charge in [0.15, 0.2) is 0 Å². The van der Waals surface area contributed by atoms with Crippen molar-refractivity contribution >= 4 is 17.0 Å². The van der Waals surface area contributed by atoms with Crippen molar-refractivity contribution in [3.05, 3.63) is 57.8 Å². The normalized spacial score (nSPS) is 14.0. The second kappa shape index (κ2) is 5.59. The van der Waals surface area contributed by atoms with Crippen molar-refractivity contribution in [3.63, 3.8) is 0 Å². The number of rotatable bonds is 2. The fraction of sp³-hybridized carbons (Fsp3) is 0.294. The van der Waals surface area contributed by atoms with Gasteiger partial charge in [-0.2, -0.15) is 0 Å². The smallest absolute Gasteiger partial charge is 0.267 e. The van der Waals surface area contributed by atoms with Crippen molar-refractivity contribution in [1.29, 1.82) is 0 Å². The highest BCUT2D eigenvalue weighted by Gasteiger charge is 2.21. The van der Waals surface area contributed by atoms with E-state index in [0.717, 1.165) is 12.0 Å². The molecule has 0 fully saturated rings. The summed E-state index contributed by atoms with van der Waals surface area (Å²) in [5, 5.41) is 4.07. The van der Waals surface area contributed by atoms with Crippen molar-refractivity contribution in [1.82, 2.24) is 19.6 Å². The summed E-state index contributed by atoms with van der Waals surface area (Å²) >= 11 is 0. The fourth-order valence-electron chi connectivity index (χ4n) is 3.08. The van der Waals surface area contributed by atoms with Gasteiger partial charge in [0.05, 0.1) is 5.69 Å². The number of fused-ring (bicyclic) bond motifs is 2. The van der Waals surface area contributed by atoms with Gasteiger partial charge >= 0.3 is 0 Å². The molecule has 1 aliphatic rings. The van der Waals surface area contributed by atoms with E-state index in [-0.39, 0.29) is 23.7 Å². The first-order chi connectivity index (χ1) is 11.6. The number of aromatic nitrogens is 3. The van der Waals surface area contributed by atoms with Crippen LogP contribution in [0.25, 0.3) is 11.1 Å². The Hall–Kier alpha value is -2.96. The highest BCUT2D eigenvalue weighted by atomic mass is 16.5. The van der Waals surface area contributed by atoms with Crippen LogP contribution in [-0.4, -0.2) is 32.1 Å². The molecule has 0 bridgehead atoms. The Morgan fingerprint density at radius 3 is 2.92 bits per heavy atom. The van der Waals surface area contributed by atoms with E-state index in [0.29, 0.717) is 24.2 Å². The maximum Gasteiger partial charge on any atom is 0.267 e. The van der Waals surface area contributed by atoms with Gasteiger partial charge in [-0.05, 0) is 24.5 Å². The number of hydrogen-bond donors (Lipinski definition) is 0. The van der Waals surface area contributed by atoms with E-state index in [1.807, 2.05) is 18.2 Å². The van der Waals surface area contributed by atoms with Crippen LogP contribution in [0.5, 0.6) is 0 Å². The van der Waals surface area contributed by atoms with Crippen LogP contribution in [0.1, 0.15) is 16.8 Å². The lowest BCUT2D eigenvalue weighted by atomic mass is 10.00. The van der Waals surface area contributed by atoms with Crippen molar-refractivity contribution in [2.45, 2.75) is 26.4 Å². The van der Waals surface area contributed by atoms with Crippen LogP contribution in [0.15, 0.2) is 39.9 Å². The van der Waals surface area contributed by atoms with Gasteiger partial charge in [0, 0.05) is 13.1 Å². The van der Waals surface area contributed by atoms with Crippen molar-refractivity contribution in [2.75, 3.05) is 6.54 Å². The number of aryl methyl sites for hydroxylation is 1. The zero-order chi connectivity index (χ0) is 16.7. The molecule has 122 valence electrons. The van der Waals surface area contributed by atoms with Gasteiger partial charge in [0.2, 0.25) is 5.91 Å². The third kappa shape index (κ3) is 2.38. The molecule has 7 heteroatoms. The van der Waals surface area contributed by atoms with Gasteiger partial charge in [-0.25, -0.2) is 4.98 Å². The lowest BCUT2D eigenvalue weighted by molar-refractivity contribution is -0.132. The fourth-order valence-corrected chi connectivity index (χ4v) is 3.08. The van der Waals surface area contributed by atoms with Gasteiger partial charge in [-0.3, -0.25) is 14.2 Å². The summed E-state index contributed by atoms with van der Waals surface area (Å²) < 4.78 is 6.29. The number of carbonyl (C=O) groups is 1. The zero-order valence-corrected chi connectivity index (χ0v) is 13.2. The first-order valence-corrected chi connectivity index (χ1v) is 7.79. The molecule has 0 N–H and O–H groups in total. The Morgan fingerprint density at radius 2 is 2.08 bits per heavy atom. The predicted molar refractivity (Wildman–Crippen MR) is 86.4 cm³/mol. The minimum absolute atomic E-state index is 0.0332. The summed E-state index contributed by atoms with van der Waals surface area (Å²) in [6.45, 7) is 2.88. The summed E-state index contributed by atoms with van der Waals surface area (Å²) in [5.74, 6) is -0.0955. The van der Waals surface area contributed by atoms with E-state index < -0.39 is 0 Å². The maximum atomic E-state index is 12.6. The predicted octanol–water partition coefficient (Wildman–Crippen LogP) is 1.28. The molecule has 24 heavy (non-hydrogen) atoms. The molecule has 3 heterocycles. The molecule has 0 atom stereocenters. The molecular weight excluding hydrogens is 308 g/mol. The van der Waals surface area contributed by atoms with Crippen LogP contribution < -0.4 is 5.56 Å². The molecule has 0 spiro atoms. The van der Waals surface area contributed by atoms with Gasteiger partial charge in [-0.1, -0.05) is 29.4 Å². The summed E-state index contributed by atoms with van der Waals surface area (Å²) in [5.41, 5.74) is 2.82. The molecule has 4 rings (SSSR count). The molecule has 0 saturated carbocycles. The van der Waals surface area contributed by atoms with Gasteiger partial charge < -0.3 is 9.42 Å². The maximum absolute atomic E-state index is 12.6.